The van der Waals surface area contributed by atoms with Crippen LogP contribution in [0.2, 0.25) is 5.02 Å². The van der Waals surface area contributed by atoms with Gasteiger partial charge in [-0.25, -0.2) is 4.98 Å². The average Bonchev–Trinajstić information content (AvgIpc) is 2.86. The molecule has 1 aromatic heterocycles. The van der Waals surface area contributed by atoms with Crippen molar-refractivity contribution in [2.45, 2.75) is 70.5 Å². The molecule has 2 heterocycles. The molecule has 35 heavy (non-hydrogen) atoms. The Morgan fingerprint density at radius 2 is 1.89 bits per heavy atom. The summed E-state index contributed by atoms with van der Waals surface area (Å²) in [5.41, 5.74) is 3.50. The van der Waals surface area contributed by atoms with Gasteiger partial charge in [-0.05, 0) is 74.6 Å². The molecule has 2 aliphatic rings. The molecule has 4 rings (SSSR count). The van der Waals surface area contributed by atoms with Crippen molar-refractivity contribution in [3.05, 3.63) is 41.6 Å². The molecule has 2 fully saturated rings. The molecule has 0 unspecified atom stereocenters. The molecule has 1 saturated heterocycles. The standard InChI is InChI=1S/C28H41ClN4O2/c1-20(18-34-3)32-22-7-9-23(10-8-22)33-27-16-25(26(29)17-30-27)21-5-4-6-24(15-21)31-19-28(2)11-13-35-14-12-28/h4-6,15-17,20,22-23,31-32H,7-14,18-19H2,1-3H3,(H,30,33)/t20-,22?,23?/m1/s1. The van der Waals surface area contributed by atoms with Crippen molar-refractivity contribution >= 4 is 23.1 Å². The van der Waals surface area contributed by atoms with Gasteiger partial charge in [0.1, 0.15) is 5.82 Å². The largest absolute Gasteiger partial charge is 0.384 e. The molecule has 0 amide bonds. The minimum Gasteiger partial charge on any atom is -0.384 e. The molecule has 2 aromatic rings. The summed E-state index contributed by atoms with van der Waals surface area (Å²) in [7, 11) is 1.76. The summed E-state index contributed by atoms with van der Waals surface area (Å²) in [5, 5.41) is 11.7. The smallest absolute Gasteiger partial charge is 0.126 e. The van der Waals surface area contributed by atoms with Crippen LogP contribution in [0.5, 0.6) is 0 Å². The maximum Gasteiger partial charge on any atom is 0.126 e. The van der Waals surface area contributed by atoms with Gasteiger partial charge in [0.15, 0.2) is 0 Å². The summed E-state index contributed by atoms with van der Waals surface area (Å²) in [5.74, 6) is 0.890. The third-order valence-corrected chi connectivity index (χ3v) is 7.77. The predicted molar refractivity (Wildman–Crippen MR) is 145 cm³/mol. The van der Waals surface area contributed by atoms with Crippen LogP contribution in [0.25, 0.3) is 11.1 Å². The number of aromatic nitrogens is 1. The number of ether oxygens (including phenoxy) is 2. The highest BCUT2D eigenvalue weighted by Gasteiger charge is 2.27. The van der Waals surface area contributed by atoms with Gasteiger partial charge in [-0.15, -0.1) is 0 Å². The molecule has 3 N–H and O–H groups in total. The van der Waals surface area contributed by atoms with Crippen LogP contribution in [-0.2, 0) is 9.47 Å². The van der Waals surface area contributed by atoms with Crippen LogP contribution in [0.3, 0.4) is 0 Å². The van der Waals surface area contributed by atoms with E-state index >= 15 is 0 Å². The summed E-state index contributed by atoms with van der Waals surface area (Å²) in [4.78, 5) is 4.58. The Labute approximate surface area is 215 Å². The van der Waals surface area contributed by atoms with Crippen molar-refractivity contribution in [3.8, 4) is 11.1 Å². The number of methoxy groups -OCH3 is 1. The molecule has 192 valence electrons. The fraction of sp³-hybridized carbons (Fsp3) is 0.607. The molecular weight excluding hydrogens is 460 g/mol. The van der Waals surface area contributed by atoms with Gasteiger partial charge < -0.3 is 25.4 Å². The van der Waals surface area contributed by atoms with Gasteiger partial charge in [-0.1, -0.05) is 30.7 Å². The van der Waals surface area contributed by atoms with Crippen molar-refractivity contribution < 1.29 is 9.47 Å². The predicted octanol–water partition coefficient (Wildman–Crippen LogP) is 5.98. The number of rotatable bonds is 10. The summed E-state index contributed by atoms with van der Waals surface area (Å²) in [6.07, 6.45) is 8.52. The average molecular weight is 501 g/mol. The molecular formula is C28H41ClN4O2. The number of hydrogen-bond acceptors (Lipinski definition) is 6. The first kappa shape index (κ1) is 26.2. The summed E-state index contributed by atoms with van der Waals surface area (Å²) < 4.78 is 10.8. The van der Waals surface area contributed by atoms with E-state index in [0.29, 0.717) is 23.1 Å². The molecule has 1 aromatic carbocycles. The van der Waals surface area contributed by atoms with Gasteiger partial charge >= 0.3 is 0 Å². The Bertz CT molecular complexity index is 942. The van der Waals surface area contributed by atoms with Crippen molar-refractivity contribution in [2.24, 2.45) is 5.41 Å². The zero-order chi connectivity index (χ0) is 24.7. The molecule has 6 nitrogen and oxygen atoms in total. The highest BCUT2D eigenvalue weighted by Crippen LogP contribution is 2.33. The van der Waals surface area contributed by atoms with Crippen LogP contribution in [0.4, 0.5) is 11.5 Å². The van der Waals surface area contributed by atoms with E-state index in [1.165, 1.54) is 0 Å². The molecule has 0 radical (unpaired) electrons. The van der Waals surface area contributed by atoms with Crippen molar-refractivity contribution in [1.82, 2.24) is 10.3 Å². The lowest BCUT2D eigenvalue weighted by atomic mass is 9.82. The lowest BCUT2D eigenvalue weighted by molar-refractivity contribution is 0.0300. The molecule has 0 bridgehead atoms. The summed E-state index contributed by atoms with van der Waals surface area (Å²) in [6, 6.07) is 12.0. The first-order chi connectivity index (χ1) is 16.9. The SMILES string of the molecule is COC[C@@H](C)NC1CCC(Nc2cc(-c3cccc(NCC4(C)CCOCC4)c3)c(Cl)cn2)CC1. The molecule has 1 atom stereocenters. The number of halogens is 1. The monoisotopic (exact) mass is 500 g/mol. The first-order valence-electron chi connectivity index (χ1n) is 13.0. The van der Waals surface area contributed by atoms with Crippen molar-refractivity contribution in [3.63, 3.8) is 0 Å². The fourth-order valence-corrected chi connectivity index (χ4v) is 5.42. The quantitative estimate of drug-likeness (QED) is 0.373. The molecule has 1 saturated carbocycles. The van der Waals surface area contributed by atoms with Gasteiger partial charge in [0, 0.05) is 62.4 Å². The van der Waals surface area contributed by atoms with Crippen molar-refractivity contribution in [2.75, 3.05) is 44.1 Å². The van der Waals surface area contributed by atoms with E-state index in [1.54, 1.807) is 13.3 Å². The topological polar surface area (TPSA) is 67.4 Å². The van der Waals surface area contributed by atoms with E-state index in [4.69, 9.17) is 21.1 Å². The second-order valence-corrected chi connectivity index (χ2v) is 11.0. The lowest BCUT2D eigenvalue weighted by Crippen LogP contribution is -2.42. The van der Waals surface area contributed by atoms with Crippen molar-refractivity contribution in [1.29, 1.82) is 0 Å². The van der Waals surface area contributed by atoms with E-state index in [2.05, 4.69) is 65.1 Å². The summed E-state index contributed by atoms with van der Waals surface area (Å²) in [6.45, 7) is 7.92. The van der Waals surface area contributed by atoms with E-state index in [1.807, 2.05) is 0 Å². The van der Waals surface area contributed by atoms with Gasteiger partial charge in [0.25, 0.3) is 0 Å². The van der Waals surface area contributed by atoms with Crippen LogP contribution in [0, 0.1) is 5.41 Å². The Kier molecular flexibility index (Phi) is 9.28. The molecule has 1 aliphatic heterocycles. The Hall–Kier alpha value is -1.86. The fourth-order valence-electron chi connectivity index (χ4n) is 5.21. The summed E-state index contributed by atoms with van der Waals surface area (Å²) >= 11 is 6.60. The Morgan fingerprint density at radius 3 is 2.63 bits per heavy atom. The highest BCUT2D eigenvalue weighted by atomic mass is 35.5. The van der Waals surface area contributed by atoms with Crippen LogP contribution in [-0.4, -0.2) is 56.6 Å². The van der Waals surface area contributed by atoms with Gasteiger partial charge in [0.05, 0.1) is 11.6 Å². The van der Waals surface area contributed by atoms with Gasteiger partial charge in [-0.2, -0.15) is 0 Å². The zero-order valence-corrected chi connectivity index (χ0v) is 22.2. The van der Waals surface area contributed by atoms with E-state index < -0.39 is 0 Å². The van der Waals surface area contributed by atoms with Crippen LogP contribution < -0.4 is 16.0 Å². The third kappa shape index (κ3) is 7.56. The second-order valence-electron chi connectivity index (χ2n) is 10.6. The zero-order valence-electron chi connectivity index (χ0n) is 21.4. The number of pyridine rings is 1. The maximum atomic E-state index is 6.60. The minimum absolute atomic E-state index is 0.274. The third-order valence-electron chi connectivity index (χ3n) is 7.46. The van der Waals surface area contributed by atoms with E-state index in [9.17, 15) is 0 Å². The van der Waals surface area contributed by atoms with Gasteiger partial charge in [0.2, 0.25) is 0 Å². The van der Waals surface area contributed by atoms with Crippen LogP contribution in [0.1, 0.15) is 52.4 Å². The second kappa shape index (κ2) is 12.4. The number of nitrogens with one attached hydrogen (secondary N) is 3. The Morgan fingerprint density at radius 1 is 1.14 bits per heavy atom. The Balaban J connectivity index is 1.36. The number of anilines is 2. The van der Waals surface area contributed by atoms with Crippen LogP contribution >= 0.6 is 11.6 Å². The molecule has 7 heteroatoms. The lowest BCUT2D eigenvalue weighted by Gasteiger charge is -2.34. The normalized spacial score (nSPS) is 23.0. The number of hydrogen-bond donors (Lipinski definition) is 3. The van der Waals surface area contributed by atoms with Crippen LogP contribution in [0.15, 0.2) is 36.5 Å². The first-order valence-corrected chi connectivity index (χ1v) is 13.4. The van der Waals surface area contributed by atoms with Gasteiger partial charge in [-0.3, -0.25) is 0 Å². The highest BCUT2D eigenvalue weighted by molar-refractivity contribution is 6.33. The van der Waals surface area contributed by atoms with E-state index in [0.717, 1.165) is 87.5 Å². The maximum absolute atomic E-state index is 6.60. The molecule has 1 aliphatic carbocycles. The van der Waals surface area contributed by atoms with E-state index in [-0.39, 0.29) is 5.41 Å². The number of nitrogens with zero attached hydrogens (tertiary/aromatic N) is 1. The number of benzene rings is 1. The molecule has 0 spiro atoms. The minimum atomic E-state index is 0.274.